The molecular weight excluding hydrogens is 274 g/mol. The first-order chi connectivity index (χ1) is 8.50. The van der Waals surface area contributed by atoms with Crippen molar-refractivity contribution in [3.63, 3.8) is 0 Å². The number of aromatic nitrogens is 1. The average Bonchev–Trinajstić information content (AvgIpc) is 2.76. The van der Waals surface area contributed by atoms with E-state index in [1.807, 2.05) is 4.90 Å². The fraction of sp³-hybridized carbons (Fsp3) is 0.700. The van der Waals surface area contributed by atoms with Gasteiger partial charge in [0.05, 0.1) is 12.2 Å². The zero-order valence-corrected chi connectivity index (χ0v) is 11.8. The lowest BCUT2D eigenvalue weighted by atomic mass is 10.3. The van der Waals surface area contributed by atoms with Gasteiger partial charge in [-0.3, -0.25) is 4.90 Å². The summed E-state index contributed by atoms with van der Waals surface area (Å²) in [5.41, 5.74) is 6.14. The van der Waals surface area contributed by atoms with Crippen LogP contribution in [0.4, 0.5) is 0 Å². The lowest BCUT2D eigenvalue weighted by Crippen LogP contribution is -2.46. The summed E-state index contributed by atoms with van der Waals surface area (Å²) in [6.07, 6.45) is 1.28. The van der Waals surface area contributed by atoms with Crippen LogP contribution in [0.2, 0.25) is 0 Å². The van der Waals surface area contributed by atoms with Gasteiger partial charge in [0.15, 0.2) is 15.6 Å². The molecule has 2 rings (SSSR count). The highest BCUT2D eigenvalue weighted by Gasteiger charge is 2.31. The molecule has 18 heavy (non-hydrogen) atoms. The van der Waals surface area contributed by atoms with Crippen LogP contribution in [-0.4, -0.2) is 48.2 Å². The molecule has 1 fully saturated rings. The van der Waals surface area contributed by atoms with E-state index in [2.05, 4.69) is 5.16 Å². The molecule has 1 aromatic heterocycles. The highest BCUT2D eigenvalue weighted by Crippen LogP contribution is 2.22. The minimum absolute atomic E-state index is 0.328. The van der Waals surface area contributed by atoms with Gasteiger partial charge in [-0.15, -0.1) is 0 Å². The van der Waals surface area contributed by atoms with Crippen molar-refractivity contribution in [3.8, 4) is 0 Å². The molecule has 1 atom stereocenters. The van der Waals surface area contributed by atoms with E-state index in [0.29, 0.717) is 30.3 Å². The third-order valence-electron chi connectivity index (χ3n) is 2.86. The first-order valence-corrected chi connectivity index (χ1v) is 8.77. The molecule has 0 bridgehead atoms. The smallest absolute Gasteiger partial charge is 0.164 e. The van der Waals surface area contributed by atoms with Gasteiger partial charge >= 0.3 is 0 Å². The first-order valence-electron chi connectivity index (χ1n) is 5.66. The molecule has 1 unspecified atom stereocenters. The standard InChI is InChI=1S/C10H17N3O3S2/c1-18(14,15)10-7-17-3-2-13(10)6-9-4-8(5-11)12-16-9/h4,10H,2-3,5-7,11H2,1H3. The van der Waals surface area contributed by atoms with Crippen molar-refractivity contribution in [2.45, 2.75) is 18.5 Å². The summed E-state index contributed by atoms with van der Waals surface area (Å²) in [6, 6.07) is 1.78. The number of nitrogens with two attached hydrogens (primary N) is 1. The maximum absolute atomic E-state index is 11.7. The van der Waals surface area contributed by atoms with E-state index in [-0.39, 0.29) is 0 Å². The molecule has 0 spiro atoms. The Balaban J connectivity index is 2.10. The van der Waals surface area contributed by atoms with Crippen LogP contribution < -0.4 is 5.73 Å². The van der Waals surface area contributed by atoms with E-state index >= 15 is 0 Å². The van der Waals surface area contributed by atoms with Crippen LogP contribution >= 0.6 is 11.8 Å². The molecule has 0 amide bonds. The SMILES string of the molecule is CS(=O)(=O)C1CSCCN1Cc1cc(CN)no1. The molecule has 1 aliphatic rings. The van der Waals surface area contributed by atoms with Crippen molar-refractivity contribution in [1.82, 2.24) is 10.1 Å². The lowest BCUT2D eigenvalue weighted by Gasteiger charge is -2.32. The topological polar surface area (TPSA) is 89.4 Å². The zero-order valence-electron chi connectivity index (χ0n) is 10.2. The van der Waals surface area contributed by atoms with Crippen LogP contribution in [0.3, 0.4) is 0 Å². The minimum Gasteiger partial charge on any atom is -0.360 e. The third kappa shape index (κ3) is 3.25. The number of thioether (sulfide) groups is 1. The van der Waals surface area contributed by atoms with Crippen molar-refractivity contribution < 1.29 is 12.9 Å². The van der Waals surface area contributed by atoms with Gasteiger partial charge in [-0.2, -0.15) is 11.8 Å². The van der Waals surface area contributed by atoms with Gasteiger partial charge in [-0.05, 0) is 0 Å². The summed E-state index contributed by atoms with van der Waals surface area (Å²) in [7, 11) is -3.08. The number of rotatable bonds is 4. The second-order valence-corrected chi connectivity index (χ2v) is 7.67. The molecule has 6 nitrogen and oxygen atoms in total. The van der Waals surface area contributed by atoms with Gasteiger partial charge in [0, 0.05) is 36.9 Å². The largest absolute Gasteiger partial charge is 0.360 e. The van der Waals surface area contributed by atoms with E-state index in [9.17, 15) is 8.42 Å². The second kappa shape index (κ2) is 5.60. The molecule has 0 aliphatic carbocycles. The monoisotopic (exact) mass is 291 g/mol. The molecule has 102 valence electrons. The maximum atomic E-state index is 11.7. The highest BCUT2D eigenvalue weighted by molar-refractivity contribution is 8.00. The van der Waals surface area contributed by atoms with E-state index in [1.165, 1.54) is 6.26 Å². The Hall–Kier alpha value is -0.570. The van der Waals surface area contributed by atoms with E-state index in [1.54, 1.807) is 17.8 Å². The van der Waals surface area contributed by atoms with Crippen molar-refractivity contribution in [3.05, 3.63) is 17.5 Å². The van der Waals surface area contributed by atoms with Crippen molar-refractivity contribution in [1.29, 1.82) is 0 Å². The average molecular weight is 291 g/mol. The summed E-state index contributed by atoms with van der Waals surface area (Å²) in [5.74, 6) is 2.21. The zero-order chi connectivity index (χ0) is 13.2. The molecule has 2 N–H and O–H groups in total. The Morgan fingerprint density at radius 1 is 1.67 bits per heavy atom. The van der Waals surface area contributed by atoms with E-state index in [0.717, 1.165) is 12.3 Å². The van der Waals surface area contributed by atoms with E-state index in [4.69, 9.17) is 10.3 Å². The first kappa shape index (κ1) is 13.9. The van der Waals surface area contributed by atoms with Crippen LogP contribution in [0.1, 0.15) is 11.5 Å². The van der Waals surface area contributed by atoms with Crippen LogP contribution in [0.15, 0.2) is 10.6 Å². The molecule has 1 aromatic rings. The minimum atomic E-state index is -3.08. The Morgan fingerprint density at radius 2 is 2.44 bits per heavy atom. The second-order valence-electron chi connectivity index (χ2n) is 4.32. The summed E-state index contributed by atoms with van der Waals surface area (Å²) >= 11 is 1.67. The molecule has 1 aliphatic heterocycles. The number of nitrogens with zero attached hydrogens (tertiary/aromatic N) is 2. The Morgan fingerprint density at radius 3 is 3.06 bits per heavy atom. The predicted molar refractivity (Wildman–Crippen MR) is 70.8 cm³/mol. The normalized spacial score (nSPS) is 22.2. The van der Waals surface area contributed by atoms with Crippen molar-refractivity contribution in [2.24, 2.45) is 5.73 Å². The molecule has 0 aromatic carbocycles. The molecule has 2 heterocycles. The predicted octanol–water partition coefficient (Wildman–Crippen LogP) is 0.0528. The van der Waals surface area contributed by atoms with E-state index < -0.39 is 15.2 Å². The number of hydrogen-bond acceptors (Lipinski definition) is 7. The van der Waals surface area contributed by atoms with Crippen LogP contribution in [0, 0.1) is 0 Å². The van der Waals surface area contributed by atoms with Crippen LogP contribution in [0.25, 0.3) is 0 Å². The molecule has 1 saturated heterocycles. The fourth-order valence-electron chi connectivity index (χ4n) is 1.92. The Bertz CT molecular complexity index is 500. The summed E-state index contributed by atoms with van der Waals surface area (Å²) < 4.78 is 28.6. The quantitative estimate of drug-likeness (QED) is 0.838. The Kier molecular flexibility index (Phi) is 4.31. The highest BCUT2D eigenvalue weighted by atomic mass is 32.2. The summed E-state index contributed by atoms with van der Waals surface area (Å²) in [6.45, 7) is 1.53. The lowest BCUT2D eigenvalue weighted by molar-refractivity contribution is 0.227. The molecule has 8 heteroatoms. The molecule has 0 saturated carbocycles. The number of sulfone groups is 1. The third-order valence-corrected chi connectivity index (χ3v) is 5.55. The van der Waals surface area contributed by atoms with Crippen molar-refractivity contribution >= 4 is 21.6 Å². The van der Waals surface area contributed by atoms with Gasteiger partial charge in [0.2, 0.25) is 0 Å². The fourth-order valence-corrected chi connectivity index (χ4v) is 4.86. The van der Waals surface area contributed by atoms with Crippen LogP contribution in [0.5, 0.6) is 0 Å². The van der Waals surface area contributed by atoms with Gasteiger partial charge in [0.1, 0.15) is 5.37 Å². The maximum Gasteiger partial charge on any atom is 0.164 e. The Labute approximate surface area is 111 Å². The summed E-state index contributed by atoms with van der Waals surface area (Å²) in [5, 5.41) is 3.36. The van der Waals surface area contributed by atoms with Gasteiger partial charge < -0.3 is 10.3 Å². The van der Waals surface area contributed by atoms with Crippen LogP contribution in [-0.2, 0) is 22.9 Å². The summed E-state index contributed by atoms with van der Waals surface area (Å²) in [4.78, 5) is 1.92. The van der Waals surface area contributed by atoms with Gasteiger partial charge in [-0.25, -0.2) is 8.42 Å². The van der Waals surface area contributed by atoms with Crippen molar-refractivity contribution in [2.75, 3.05) is 24.3 Å². The van der Waals surface area contributed by atoms with Gasteiger partial charge in [-0.1, -0.05) is 5.16 Å². The molecule has 0 radical (unpaired) electrons. The number of hydrogen-bond donors (Lipinski definition) is 1. The van der Waals surface area contributed by atoms with Gasteiger partial charge in [0.25, 0.3) is 0 Å². The molecular formula is C10H17N3O3S2.